The SMILES string of the molecule is O=[N+]([O-])c1ccc(CO)cc1N1CCN(c2ccc(F)cc2Cl)CC1. The first-order valence-corrected chi connectivity index (χ1v) is 8.20. The summed E-state index contributed by atoms with van der Waals surface area (Å²) in [5.41, 5.74) is 1.90. The number of rotatable bonds is 4. The van der Waals surface area contributed by atoms with Crippen LogP contribution in [0.1, 0.15) is 5.56 Å². The van der Waals surface area contributed by atoms with Gasteiger partial charge in [-0.15, -0.1) is 0 Å². The normalized spacial score (nSPS) is 14.7. The van der Waals surface area contributed by atoms with Gasteiger partial charge in [0.05, 0.1) is 22.2 Å². The van der Waals surface area contributed by atoms with Crippen molar-refractivity contribution in [1.29, 1.82) is 0 Å². The van der Waals surface area contributed by atoms with Crippen LogP contribution >= 0.6 is 11.6 Å². The summed E-state index contributed by atoms with van der Waals surface area (Å²) < 4.78 is 13.2. The maximum absolute atomic E-state index is 13.2. The Balaban J connectivity index is 1.79. The highest BCUT2D eigenvalue weighted by Crippen LogP contribution is 2.32. The van der Waals surface area contributed by atoms with Gasteiger partial charge in [0.2, 0.25) is 0 Å². The van der Waals surface area contributed by atoms with Crippen LogP contribution in [0.3, 0.4) is 0 Å². The molecule has 6 nitrogen and oxygen atoms in total. The molecule has 0 radical (unpaired) electrons. The maximum Gasteiger partial charge on any atom is 0.292 e. The number of hydrogen-bond donors (Lipinski definition) is 1. The molecule has 2 aromatic carbocycles. The van der Waals surface area contributed by atoms with E-state index in [4.69, 9.17) is 11.6 Å². The van der Waals surface area contributed by atoms with E-state index in [2.05, 4.69) is 0 Å². The van der Waals surface area contributed by atoms with Crippen LogP contribution < -0.4 is 9.80 Å². The maximum atomic E-state index is 13.2. The summed E-state index contributed by atoms with van der Waals surface area (Å²) in [6, 6.07) is 8.91. The van der Waals surface area contributed by atoms with Crippen LogP contribution in [0.2, 0.25) is 5.02 Å². The smallest absolute Gasteiger partial charge is 0.292 e. The van der Waals surface area contributed by atoms with Gasteiger partial charge in [0.15, 0.2) is 0 Å². The van der Waals surface area contributed by atoms with Gasteiger partial charge in [0, 0.05) is 32.2 Å². The van der Waals surface area contributed by atoms with Crippen molar-refractivity contribution in [3.8, 4) is 0 Å². The van der Waals surface area contributed by atoms with E-state index in [1.165, 1.54) is 18.2 Å². The molecule has 1 heterocycles. The molecule has 0 atom stereocenters. The van der Waals surface area contributed by atoms with E-state index in [0.717, 1.165) is 5.69 Å². The van der Waals surface area contributed by atoms with Crippen molar-refractivity contribution < 1.29 is 14.4 Å². The largest absolute Gasteiger partial charge is 0.392 e. The number of nitro groups is 1. The zero-order valence-corrected chi connectivity index (χ0v) is 14.1. The van der Waals surface area contributed by atoms with E-state index in [1.807, 2.05) is 9.80 Å². The predicted octanol–water partition coefficient (Wildman–Crippen LogP) is 3.21. The van der Waals surface area contributed by atoms with Gasteiger partial charge >= 0.3 is 0 Å². The summed E-state index contributed by atoms with van der Waals surface area (Å²) in [4.78, 5) is 14.8. The third kappa shape index (κ3) is 3.67. The van der Waals surface area contributed by atoms with Crippen LogP contribution in [0.15, 0.2) is 36.4 Å². The van der Waals surface area contributed by atoms with Crippen LogP contribution in [-0.2, 0) is 6.61 Å². The fourth-order valence-electron chi connectivity index (χ4n) is 3.00. The van der Waals surface area contributed by atoms with E-state index < -0.39 is 4.92 Å². The molecule has 0 amide bonds. The van der Waals surface area contributed by atoms with E-state index in [0.29, 0.717) is 42.5 Å². The Bertz CT molecular complexity index is 795. The average Bonchev–Trinajstić information content (AvgIpc) is 2.61. The standard InChI is InChI=1S/C17H17ClFN3O3/c18-14-10-13(19)2-4-15(14)20-5-7-21(8-6-20)17-9-12(11-23)1-3-16(17)22(24)25/h1-4,9-10,23H,5-8,11H2. The summed E-state index contributed by atoms with van der Waals surface area (Å²) in [6.45, 7) is 2.15. The molecule has 0 unspecified atom stereocenters. The molecule has 1 saturated heterocycles. The molecule has 0 saturated carbocycles. The molecule has 8 heteroatoms. The zero-order chi connectivity index (χ0) is 18.0. The van der Waals surface area contributed by atoms with E-state index >= 15 is 0 Å². The van der Waals surface area contributed by atoms with Gasteiger partial charge in [-0.1, -0.05) is 11.6 Å². The molecule has 25 heavy (non-hydrogen) atoms. The minimum absolute atomic E-state index is 0.0189. The predicted molar refractivity (Wildman–Crippen MR) is 94.9 cm³/mol. The first-order chi connectivity index (χ1) is 12.0. The van der Waals surface area contributed by atoms with Crippen molar-refractivity contribution in [1.82, 2.24) is 0 Å². The monoisotopic (exact) mass is 365 g/mol. The van der Waals surface area contributed by atoms with Gasteiger partial charge < -0.3 is 14.9 Å². The minimum Gasteiger partial charge on any atom is -0.392 e. The summed E-state index contributed by atoms with van der Waals surface area (Å²) in [5, 5.41) is 20.9. The van der Waals surface area contributed by atoms with Gasteiger partial charge in [0.25, 0.3) is 5.69 Å². The minimum atomic E-state index is -0.417. The van der Waals surface area contributed by atoms with Crippen molar-refractivity contribution in [2.75, 3.05) is 36.0 Å². The number of halogens is 2. The molecule has 1 fully saturated rings. The van der Waals surface area contributed by atoms with E-state index in [1.54, 1.807) is 18.2 Å². The second-order valence-corrected chi connectivity index (χ2v) is 6.22. The molecule has 2 aromatic rings. The van der Waals surface area contributed by atoms with Crippen LogP contribution in [0, 0.1) is 15.9 Å². The topological polar surface area (TPSA) is 69.8 Å². The Kier molecular flexibility index (Phi) is 5.06. The number of aliphatic hydroxyl groups is 1. The van der Waals surface area contributed by atoms with Crippen molar-refractivity contribution in [2.24, 2.45) is 0 Å². The summed E-state index contributed by atoms with van der Waals surface area (Å²) >= 11 is 6.11. The highest BCUT2D eigenvalue weighted by atomic mass is 35.5. The number of nitrogens with zero attached hydrogens (tertiary/aromatic N) is 3. The second-order valence-electron chi connectivity index (χ2n) is 5.81. The lowest BCUT2D eigenvalue weighted by Gasteiger charge is -2.37. The van der Waals surface area contributed by atoms with Crippen LogP contribution in [0.25, 0.3) is 0 Å². The Hall–Kier alpha value is -2.38. The summed E-state index contributed by atoms with van der Waals surface area (Å²) in [6.07, 6.45) is 0. The van der Waals surface area contributed by atoms with Crippen LogP contribution in [-0.4, -0.2) is 36.2 Å². The molecule has 0 bridgehead atoms. The van der Waals surface area contributed by atoms with Gasteiger partial charge in [-0.05, 0) is 35.9 Å². The Morgan fingerprint density at radius 2 is 1.72 bits per heavy atom. The quantitative estimate of drug-likeness (QED) is 0.665. The number of hydrogen-bond acceptors (Lipinski definition) is 5. The second kappa shape index (κ2) is 7.25. The van der Waals surface area contributed by atoms with Gasteiger partial charge in [-0.25, -0.2) is 4.39 Å². The van der Waals surface area contributed by atoms with Crippen molar-refractivity contribution in [3.63, 3.8) is 0 Å². The lowest BCUT2D eigenvalue weighted by molar-refractivity contribution is -0.384. The lowest BCUT2D eigenvalue weighted by Crippen LogP contribution is -2.46. The van der Waals surface area contributed by atoms with Crippen LogP contribution in [0.5, 0.6) is 0 Å². The molecular formula is C17H17ClFN3O3. The van der Waals surface area contributed by atoms with Crippen molar-refractivity contribution in [2.45, 2.75) is 6.61 Å². The number of aliphatic hydroxyl groups excluding tert-OH is 1. The highest BCUT2D eigenvalue weighted by molar-refractivity contribution is 6.33. The third-order valence-corrected chi connectivity index (χ3v) is 4.59. The van der Waals surface area contributed by atoms with E-state index in [9.17, 15) is 19.6 Å². The van der Waals surface area contributed by atoms with Crippen LogP contribution in [0.4, 0.5) is 21.5 Å². The fraction of sp³-hybridized carbons (Fsp3) is 0.294. The Morgan fingerprint density at radius 3 is 2.28 bits per heavy atom. The van der Waals surface area contributed by atoms with Crippen molar-refractivity contribution in [3.05, 3.63) is 62.9 Å². The number of anilines is 2. The fourth-order valence-corrected chi connectivity index (χ4v) is 3.29. The average molecular weight is 366 g/mol. The lowest BCUT2D eigenvalue weighted by atomic mass is 10.1. The molecule has 132 valence electrons. The van der Waals surface area contributed by atoms with E-state index in [-0.39, 0.29) is 18.1 Å². The van der Waals surface area contributed by atoms with Crippen molar-refractivity contribution >= 4 is 28.7 Å². The molecule has 3 rings (SSSR count). The molecule has 1 aliphatic rings. The Morgan fingerprint density at radius 1 is 1.08 bits per heavy atom. The number of benzene rings is 2. The molecule has 1 aliphatic heterocycles. The molecule has 0 aromatic heterocycles. The zero-order valence-electron chi connectivity index (χ0n) is 13.4. The number of piperazine rings is 1. The van der Waals surface area contributed by atoms with Gasteiger partial charge in [-0.2, -0.15) is 0 Å². The number of nitro benzene ring substituents is 1. The van der Waals surface area contributed by atoms with Gasteiger partial charge in [-0.3, -0.25) is 10.1 Å². The first kappa shape index (κ1) is 17.4. The summed E-state index contributed by atoms with van der Waals surface area (Å²) in [7, 11) is 0. The molecular weight excluding hydrogens is 349 g/mol. The molecule has 0 spiro atoms. The third-order valence-electron chi connectivity index (χ3n) is 4.29. The Labute approximate surface area is 149 Å². The molecule has 1 N–H and O–H groups in total. The highest BCUT2D eigenvalue weighted by Gasteiger charge is 2.25. The first-order valence-electron chi connectivity index (χ1n) is 7.82. The molecule has 0 aliphatic carbocycles. The van der Waals surface area contributed by atoms with Gasteiger partial charge in [0.1, 0.15) is 11.5 Å². The summed E-state index contributed by atoms with van der Waals surface area (Å²) in [5.74, 6) is -0.385.